The summed E-state index contributed by atoms with van der Waals surface area (Å²) in [6, 6.07) is 2.19. The van der Waals surface area contributed by atoms with Crippen molar-refractivity contribution in [2.75, 3.05) is 19.8 Å². The number of furan rings is 1. The minimum absolute atomic E-state index is 0.110. The fourth-order valence-electron chi connectivity index (χ4n) is 1.34. The largest absolute Gasteiger partial charge is 0.475 e. The number of carbonyl (C=O) groups excluding carboxylic acids is 1. The van der Waals surface area contributed by atoms with Gasteiger partial charge in [-0.15, -0.1) is 0 Å². The molecule has 0 aliphatic rings. The summed E-state index contributed by atoms with van der Waals surface area (Å²) in [7, 11) is -0.523. The van der Waals surface area contributed by atoms with Gasteiger partial charge in [0.2, 0.25) is 26.6 Å². The molecule has 0 radical (unpaired) electrons. The van der Waals surface area contributed by atoms with Crippen LogP contribution in [0.25, 0.3) is 0 Å². The molecule has 1 N–H and O–H groups in total. The Bertz CT molecular complexity index is 572. The molecule has 1 amide bonds. The van der Waals surface area contributed by atoms with E-state index in [1.165, 1.54) is 4.90 Å². The summed E-state index contributed by atoms with van der Waals surface area (Å²) in [5, 5.41) is 8.25. The first-order valence-electron chi connectivity index (χ1n) is 5.50. The fourth-order valence-corrected chi connectivity index (χ4v) is 2.56. The average molecular weight is 289 g/mol. The molecule has 0 aliphatic heterocycles. The smallest absolute Gasteiger partial charge is 0.371 e. The highest BCUT2D eigenvalue weighted by Crippen LogP contribution is 2.16. The number of rotatable bonds is 6. The van der Waals surface area contributed by atoms with E-state index in [0.29, 0.717) is 0 Å². The van der Waals surface area contributed by atoms with Crippen LogP contribution in [-0.4, -0.2) is 50.1 Å². The predicted octanol–water partition coefficient (Wildman–Crippen LogP) is 0.620. The van der Waals surface area contributed by atoms with Gasteiger partial charge in [-0.1, -0.05) is 0 Å². The normalized spacial score (nSPS) is 11.3. The van der Waals surface area contributed by atoms with Crippen LogP contribution in [0.4, 0.5) is 0 Å². The molecular weight excluding hydrogens is 274 g/mol. The molecule has 0 unspecified atom stereocenters. The number of amides is 1. The topological polar surface area (TPSA) is 105 Å². The van der Waals surface area contributed by atoms with Crippen molar-refractivity contribution < 1.29 is 27.5 Å². The Morgan fingerprint density at radius 3 is 2.42 bits per heavy atom. The summed E-state index contributed by atoms with van der Waals surface area (Å²) in [5.41, 5.74) is 0. The lowest BCUT2D eigenvalue weighted by Crippen LogP contribution is -2.22. The fraction of sp³-hybridized carbons (Fsp3) is 0.455. The molecule has 1 rings (SSSR count). The van der Waals surface area contributed by atoms with Crippen LogP contribution >= 0.6 is 0 Å². The first-order valence-corrected chi connectivity index (χ1v) is 7.15. The van der Waals surface area contributed by atoms with E-state index in [0.717, 1.165) is 12.1 Å². The minimum Gasteiger partial charge on any atom is -0.475 e. The number of aromatic carboxylic acids is 1. The highest BCUT2D eigenvalue weighted by molar-refractivity contribution is 7.91. The van der Waals surface area contributed by atoms with Gasteiger partial charge in [0, 0.05) is 20.5 Å². The summed E-state index contributed by atoms with van der Waals surface area (Å²) >= 11 is 0. The van der Waals surface area contributed by atoms with Crippen molar-refractivity contribution in [3.05, 3.63) is 17.9 Å². The van der Waals surface area contributed by atoms with Gasteiger partial charge < -0.3 is 14.4 Å². The second-order valence-corrected chi connectivity index (χ2v) is 6.17. The summed E-state index contributed by atoms with van der Waals surface area (Å²) in [4.78, 5) is 23.2. The van der Waals surface area contributed by atoms with Gasteiger partial charge in [0.1, 0.15) is 0 Å². The third-order valence-electron chi connectivity index (χ3n) is 2.40. The van der Waals surface area contributed by atoms with E-state index in [2.05, 4.69) is 0 Å². The van der Waals surface area contributed by atoms with Crippen LogP contribution < -0.4 is 0 Å². The Labute approximate surface area is 110 Å². The van der Waals surface area contributed by atoms with Gasteiger partial charge in [-0.3, -0.25) is 4.79 Å². The number of sulfone groups is 1. The maximum Gasteiger partial charge on any atom is 0.371 e. The first-order chi connectivity index (χ1) is 8.74. The van der Waals surface area contributed by atoms with Crippen LogP contribution in [0.5, 0.6) is 0 Å². The van der Waals surface area contributed by atoms with Crippen molar-refractivity contribution in [3.8, 4) is 0 Å². The molecule has 0 aromatic carbocycles. The van der Waals surface area contributed by atoms with Gasteiger partial charge in [0.25, 0.3) is 0 Å². The standard InChI is InChI=1S/C11H15NO6S/c1-12(2)9(13)4-3-7-19(16,17)10-6-5-8(18-10)11(14)15/h5-6H,3-4,7H2,1-2H3,(H,14,15). The molecule has 0 spiro atoms. The summed E-state index contributed by atoms with van der Waals surface area (Å²) in [6.45, 7) is 0. The quantitative estimate of drug-likeness (QED) is 0.823. The van der Waals surface area contributed by atoms with Crippen molar-refractivity contribution in [3.63, 3.8) is 0 Å². The van der Waals surface area contributed by atoms with Crippen LogP contribution in [0.1, 0.15) is 23.4 Å². The molecule has 19 heavy (non-hydrogen) atoms. The Morgan fingerprint density at radius 1 is 1.32 bits per heavy atom. The maximum atomic E-state index is 11.8. The molecule has 106 valence electrons. The molecule has 1 heterocycles. The van der Waals surface area contributed by atoms with E-state index < -0.39 is 21.6 Å². The number of hydrogen-bond donors (Lipinski definition) is 1. The highest BCUT2D eigenvalue weighted by Gasteiger charge is 2.21. The van der Waals surface area contributed by atoms with Crippen LogP contribution in [-0.2, 0) is 14.6 Å². The second kappa shape index (κ2) is 5.87. The van der Waals surface area contributed by atoms with E-state index >= 15 is 0 Å². The van der Waals surface area contributed by atoms with E-state index in [1.807, 2.05) is 0 Å². The van der Waals surface area contributed by atoms with E-state index in [-0.39, 0.29) is 29.6 Å². The van der Waals surface area contributed by atoms with Gasteiger partial charge in [0.05, 0.1) is 5.75 Å². The minimum atomic E-state index is -3.70. The monoisotopic (exact) mass is 289 g/mol. The average Bonchev–Trinajstić information content (AvgIpc) is 2.78. The van der Waals surface area contributed by atoms with Crippen molar-refractivity contribution in [2.24, 2.45) is 0 Å². The van der Waals surface area contributed by atoms with Gasteiger partial charge in [-0.05, 0) is 18.6 Å². The lowest BCUT2D eigenvalue weighted by Gasteiger charge is -2.09. The van der Waals surface area contributed by atoms with Crippen molar-refractivity contribution in [1.29, 1.82) is 0 Å². The SMILES string of the molecule is CN(C)C(=O)CCCS(=O)(=O)c1ccc(C(=O)O)o1. The number of carbonyl (C=O) groups is 2. The third kappa shape index (κ3) is 4.09. The van der Waals surface area contributed by atoms with Gasteiger partial charge in [-0.25, -0.2) is 13.2 Å². The molecule has 0 aliphatic carbocycles. The highest BCUT2D eigenvalue weighted by atomic mass is 32.2. The second-order valence-electron chi connectivity index (χ2n) is 4.13. The Morgan fingerprint density at radius 2 is 1.95 bits per heavy atom. The van der Waals surface area contributed by atoms with Gasteiger partial charge >= 0.3 is 5.97 Å². The molecular formula is C11H15NO6S. The molecule has 0 saturated heterocycles. The summed E-state index contributed by atoms with van der Waals surface area (Å²) < 4.78 is 28.3. The molecule has 0 saturated carbocycles. The summed E-state index contributed by atoms with van der Waals surface area (Å²) in [6.07, 6.45) is 0.265. The zero-order valence-electron chi connectivity index (χ0n) is 10.6. The van der Waals surface area contributed by atoms with Crippen molar-refractivity contribution in [2.45, 2.75) is 17.9 Å². The van der Waals surface area contributed by atoms with E-state index in [1.54, 1.807) is 14.1 Å². The van der Waals surface area contributed by atoms with Crippen LogP contribution in [0.3, 0.4) is 0 Å². The van der Waals surface area contributed by atoms with E-state index in [4.69, 9.17) is 9.52 Å². The molecule has 1 aromatic heterocycles. The van der Waals surface area contributed by atoms with Gasteiger partial charge in [0.15, 0.2) is 0 Å². The lowest BCUT2D eigenvalue weighted by atomic mass is 10.3. The van der Waals surface area contributed by atoms with Crippen molar-refractivity contribution in [1.82, 2.24) is 4.90 Å². The zero-order valence-corrected chi connectivity index (χ0v) is 11.4. The Hall–Kier alpha value is -1.83. The van der Waals surface area contributed by atoms with Crippen LogP contribution in [0, 0.1) is 0 Å². The molecule has 7 nitrogen and oxygen atoms in total. The van der Waals surface area contributed by atoms with E-state index in [9.17, 15) is 18.0 Å². The molecule has 0 atom stereocenters. The predicted molar refractivity (Wildman–Crippen MR) is 65.6 cm³/mol. The number of hydrogen-bond acceptors (Lipinski definition) is 5. The zero-order chi connectivity index (χ0) is 14.6. The number of carboxylic acid groups (broad SMARTS) is 1. The lowest BCUT2D eigenvalue weighted by molar-refractivity contribution is -0.128. The van der Waals surface area contributed by atoms with Crippen molar-refractivity contribution >= 4 is 21.7 Å². The number of nitrogens with zero attached hydrogens (tertiary/aromatic N) is 1. The Kier molecular flexibility index (Phi) is 4.71. The summed E-state index contributed by atoms with van der Waals surface area (Å²) in [5.74, 6) is -2.19. The van der Waals surface area contributed by atoms with Crippen LogP contribution in [0.2, 0.25) is 0 Å². The first kappa shape index (κ1) is 15.2. The molecule has 8 heteroatoms. The van der Waals surface area contributed by atoms with Gasteiger partial charge in [-0.2, -0.15) is 0 Å². The molecule has 0 fully saturated rings. The van der Waals surface area contributed by atoms with Crippen LogP contribution in [0.15, 0.2) is 21.6 Å². The molecule has 1 aromatic rings. The third-order valence-corrected chi connectivity index (χ3v) is 4.06. The molecule has 0 bridgehead atoms. The Balaban J connectivity index is 2.65. The maximum absolute atomic E-state index is 11.8. The number of carboxylic acids is 1.